The molecule has 4 aromatic rings. The van der Waals surface area contributed by atoms with Gasteiger partial charge < -0.3 is 14.4 Å². The van der Waals surface area contributed by atoms with Crippen LogP contribution >= 0.6 is 0 Å². The van der Waals surface area contributed by atoms with Crippen molar-refractivity contribution >= 4 is 22.9 Å². The van der Waals surface area contributed by atoms with E-state index in [1.807, 2.05) is 48.5 Å². The lowest BCUT2D eigenvalue weighted by atomic mass is 9.92. The maximum atomic E-state index is 13.3. The summed E-state index contributed by atoms with van der Waals surface area (Å²) in [5.74, 6) is 0.928. The van der Waals surface area contributed by atoms with E-state index in [0.29, 0.717) is 29.4 Å². The van der Waals surface area contributed by atoms with E-state index < -0.39 is 0 Å². The van der Waals surface area contributed by atoms with E-state index in [4.69, 9.17) is 9.72 Å². The van der Waals surface area contributed by atoms with E-state index in [-0.39, 0.29) is 18.1 Å². The van der Waals surface area contributed by atoms with Crippen molar-refractivity contribution in [2.75, 3.05) is 12.4 Å². The molecular formula is C26H26N4O3. The lowest BCUT2D eigenvalue weighted by Gasteiger charge is -2.28. The molecule has 0 spiro atoms. The number of aromatic nitrogens is 3. The van der Waals surface area contributed by atoms with Gasteiger partial charge >= 0.3 is 0 Å². The van der Waals surface area contributed by atoms with Gasteiger partial charge in [0.1, 0.15) is 5.75 Å². The van der Waals surface area contributed by atoms with Crippen molar-refractivity contribution < 1.29 is 14.6 Å². The number of hydrogen-bond acceptors (Lipinski definition) is 5. The van der Waals surface area contributed by atoms with Crippen LogP contribution in [0.2, 0.25) is 0 Å². The topological polar surface area (TPSA) is 89.3 Å². The number of rotatable bonds is 5. The summed E-state index contributed by atoms with van der Waals surface area (Å²) >= 11 is 0. The number of fused-ring (bicyclic) bond motifs is 1. The Bertz CT molecular complexity index is 1300. The van der Waals surface area contributed by atoms with Crippen molar-refractivity contribution in [3.05, 3.63) is 72.4 Å². The van der Waals surface area contributed by atoms with Crippen LogP contribution in [0.25, 0.3) is 22.3 Å². The summed E-state index contributed by atoms with van der Waals surface area (Å²) in [6, 6.07) is 18.9. The molecule has 1 aliphatic rings. The van der Waals surface area contributed by atoms with Crippen LogP contribution in [0.3, 0.4) is 0 Å². The van der Waals surface area contributed by atoms with Crippen LogP contribution in [0.15, 0.2) is 66.9 Å². The molecule has 2 N–H and O–H groups in total. The Labute approximate surface area is 192 Å². The summed E-state index contributed by atoms with van der Waals surface area (Å²) in [4.78, 5) is 22.4. The molecule has 2 aromatic heterocycles. The highest BCUT2D eigenvalue weighted by Crippen LogP contribution is 2.35. The van der Waals surface area contributed by atoms with Crippen LogP contribution in [0.5, 0.6) is 5.75 Å². The largest absolute Gasteiger partial charge is 0.496 e. The zero-order chi connectivity index (χ0) is 22.8. The Morgan fingerprint density at radius 2 is 1.94 bits per heavy atom. The summed E-state index contributed by atoms with van der Waals surface area (Å²) in [6.07, 6.45) is 4.63. The molecule has 5 rings (SSSR count). The van der Waals surface area contributed by atoms with Crippen molar-refractivity contribution in [3.8, 4) is 17.0 Å². The first-order chi connectivity index (χ1) is 16.1. The lowest BCUT2D eigenvalue weighted by molar-refractivity contribution is 0.101. The summed E-state index contributed by atoms with van der Waals surface area (Å²) in [5.41, 5.74) is 3.73. The predicted molar refractivity (Wildman–Crippen MR) is 127 cm³/mol. The number of carbonyl (C=O) groups is 1. The second-order valence-corrected chi connectivity index (χ2v) is 8.35. The number of pyridine rings is 1. The van der Waals surface area contributed by atoms with Gasteiger partial charge in [0.25, 0.3) is 5.91 Å². The molecule has 2 heterocycles. The Kier molecular flexibility index (Phi) is 5.79. The average Bonchev–Trinajstić information content (AvgIpc) is 3.21. The molecule has 1 saturated carbocycles. The normalized spacial score (nSPS) is 18.2. The number of aliphatic hydroxyl groups excluding tert-OH is 1. The van der Waals surface area contributed by atoms with Gasteiger partial charge in [0.2, 0.25) is 5.95 Å². The number of carbonyl (C=O) groups excluding carboxylic acids is 1. The van der Waals surface area contributed by atoms with Crippen LogP contribution < -0.4 is 10.1 Å². The molecule has 1 fully saturated rings. The molecule has 2 aromatic carbocycles. The molecule has 0 bridgehead atoms. The van der Waals surface area contributed by atoms with Crippen molar-refractivity contribution in [2.24, 2.45) is 0 Å². The van der Waals surface area contributed by atoms with E-state index in [9.17, 15) is 9.90 Å². The summed E-state index contributed by atoms with van der Waals surface area (Å²) in [7, 11) is 1.61. The number of anilines is 1. The third-order valence-electron chi connectivity index (χ3n) is 6.21. The first-order valence-electron chi connectivity index (χ1n) is 11.2. The van der Waals surface area contributed by atoms with Gasteiger partial charge in [-0.1, -0.05) is 24.3 Å². The number of amides is 1. The third-order valence-corrected chi connectivity index (χ3v) is 6.21. The standard InChI is InChI=1S/C26H26N4O3/c1-33-24-12-5-2-9-20(24)22-15-17(13-14-27-22)25(32)29-26-28-21-10-3-4-11-23(21)30(26)18-7-6-8-19(31)16-18/h2-5,9-15,18-19,31H,6-8,16H2,1H3,(H,28,29,32)/t18-,19+/m0/s1. The molecule has 7 nitrogen and oxygen atoms in total. The van der Waals surface area contributed by atoms with Crippen molar-refractivity contribution in [1.82, 2.24) is 14.5 Å². The lowest BCUT2D eigenvalue weighted by Crippen LogP contribution is -2.25. The number of methoxy groups -OCH3 is 1. The monoisotopic (exact) mass is 442 g/mol. The Hall–Kier alpha value is -3.71. The van der Waals surface area contributed by atoms with Gasteiger partial charge in [-0.2, -0.15) is 0 Å². The number of para-hydroxylation sites is 3. The molecule has 0 radical (unpaired) electrons. The van der Waals surface area contributed by atoms with Gasteiger partial charge in [-0.3, -0.25) is 15.1 Å². The molecule has 0 saturated heterocycles. The van der Waals surface area contributed by atoms with Crippen LogP contribution in [-0.4, -0.2) is 38.8 Å². The van der Waals surface area contributed by atoms with Crippen molar-refractivity contribution in [3.63, 3.8) is 0 Å². The molecule has 1 aliphatic carbocycles. The highest BCUT2D eigenvalue weighted by Gasteiger charge is 2.26. The fourth-order valence-corrected chi connectivity index (χ4v) is 4.62. The molecule has 7 heteroatoms. The quantitative estimate of drug-likeness (QED) is 0.462. The molecule has 1 amide bonds. The average molecular weight is 443 g/mol. The van der Waals surface area contributed by atoms with Gasteiger partial charge in [-0.05, 0) is 62.1 Å². The molecule has 0 aliphatic heterocycles. The first-order valence-corrected chi connectivity index (χ1v) is 11.2. The number of nitrogens with one attached hydrogen (secondary N) is 1. The van der Waals surface area contributed by atoms with E-state index in [1.54, 1.807) is 25.4 Å². The third kappa shape index (κ3) is 4.19. The fraction of sp³-hybridized carbons (Fsp3) is 0.269. The Morgan fingerprint density at radius 1 is 1.12 bits per heavy atom. The van der Waals surface area contributed by atoms with Crippen LogP contribution in [0, 0.1) is 0 Å². The molecular weight excluding hydrogens is 416 g/mol. The summed E-state index contributed by atoms with van der Waals surface area (Å²) < 4.78 is 7.51. The van der Waals surface area contributed by atoms with Gasteiger partial charge in [0.15, 0.2) is 0 Å². The number of nitrogens with zero attached hydrogens (tertiary/aromatic N) is 3. The van der Waals surface area contributed by atoms with Crippen LogP contribution in [-0.2, 0) is 0 Å². The van der Waals surface area contributed by atoms with E-state index in [0.717, 1.165) is 35.9 Å². The maximum absolute atomic E-state index is 13.3. The number of imidazole rings is 1. The van der Waals surface area contributed by atoms with Gasteiger partial charge in [0.05, 0.1) is 29.9 Å². The number of aliphatic hydroxyl groups is 1. The number of ether oxygens (including phenoxy) is 1. The summed E-state index contributed by atoms with van der Waals surface area (Å²) in [5, 5.41) is 13.3. The second kappa shape index (κ2) is 9.03. The van der Waals surface area contributed by atoms with Crippen molar-refractivity contribution in [2.45, 2.75) is 37.8 Å². The van der Waals surface area contributed by atoms with Crippen LogP contribution in [0.1, 0.15) is 42.1 Å². The van der Waals surface area contributed by atoms with Gasteiger partial charge in [0, 0.05) is 23.4 Å². The number of hydrogen-bond donors (Lipinski definition) is 2. The van der Waals surface area contributed by atoms with Crippen molar-refractivity contribution in [1.29, 1.82) is 0 Å². The van der Waals surface area contributed by atoms with Crippen LogP contribution in [0.4, 0.5) is 5.95 Å². The minimum Gasteiger partial charge on any atom is -0.496 e. The Balaban J connectivity index is 1.48. The molecule has 2 atom stereocenters. The predicted octanol–water partition coefficient (Wildman–Crippen LogP) is 4.84. The first kappa shape index (κ1) is 21.2. The highest BCUT2D eigenvalue weighted by atomic mass is 16.5. The Morgan fingerprint density at radius 3 is 2.79 bits per heavy atom. The minimum atomic E-state index is -0.336. The smallest absolute Gasteiger partial charge is 0.258 e. The molecule has 0 unspecified atom stereocenters. The van der Waals surface area contributed by atoms with Gasteiger partial charge in [-0.25, -0.2) is 4.98 Å². The zero-order valence-corrected chi connectivity index (χ0v) is 18.4. The maximum Gasteiger partial charge on any atom is 0.258 e. The summed E-state index contributed by atoms with van der Waals surface area (Å²) in [6.45, 7) is 0. The second-order valence-electron chi connectivity index (χ2n) is 8.35. The highest BCUT2D eigenvalue weighted by molar-refractivity contribution is 6.04. The van der Waals surface area contributed by atoms with E-state index in [1.165, 1.54) is 0 Å². The zero-order valence-electron chi connectivity index (χ0n) is 18.4. The minimum absolute atomic E-state index is 0.0815. The van der Waals surface area contributed by atoms with E-state index >= 15 is 0 Å². The van der Waals surface area contributed by atoms with Gasteiger partial charge in [-0.15, -0.1) is 0 Å². The fourth-order valence-electron chi connectivity index (χ4n) is 4.62. The number of benzene rings is 2. The van der Waals surface area contributed by atoms with E-state index in [2.05, 4.69) is 14.9 Å². The molecule has 168 valence electrons. The molecule has 33 heavy (non-hydrogen) atoms. The SMILES string of the molecule is COc1ccccc1-c1cc(C(=O)Nc2nc3ccccc3n2[C@H]2CCC[C@@H](O)C2)ccn1.